The van der Waals surface area contributed by atoms with E-state index in [4.69, 9.17) is 10.00 Å². The number of carbonyl (C=O) groups excluding carboxylic acids is 1. The molecule has 0 heterocycles. The molecular formula is C17H22FN3O2. The first kappa shape index (κ1) is 17.2. The summed E-state index contributed by atoms with van der Waals surface area (Å²) >= 11 is 0. The van der Waals surface area contributed by atoms with Gasteiger partial charge in [-0.1, -0.05) is 6.07 Å². The van der Waals surface area contributed by atoms with Gasteiger partial charge in [0.25, 0.3) is 0 Å². The van der Waals surface area contributed by atoms with Crippen molar-refractivity contribution in [1.82, 2.24) is 10.6 Å². The Morgan fingerprint density at radius 1 is 1.39 bits per heavy atom. The number of halogens is 1. The summed E-state index contributed by atoms with van der Waals surface area (Å²) in [5, 5.41) is 15.0. The van der Waals surface area contributed by atoms with Crippen molar-refractivity contribution in [1.29, 1.82) is 5.26 Å². The zero-order valence-corrected chi connectivity index (χ0v) is 13.6. The molecule has 23 heavy (non-hydrogen) atoms. The van der Waals surface area contributed by atoms with Crippen molar-refractivity contribution in [3.63, 3.8) is 0 Å². The molecule has 0 bridgehead atoms. The van der Waals surface area contributed by atoms with Crippen molar-refractivity contribution >= 4 is 6.09 Å². The molecule has 6 heteroatoms. The molecule has 1 amide bonds. The first-order valence-electron chi connectivity index (χ1n) is 7.68. The maximum absolute atomic E-state index is 13.2. The van der Waals surface area contributed by atoms with E-state index in [-0.39, 0.29) is 11.6 Å². The van der Waals surface area contributed by atoms with Crippen LogP contribution in [0.25, 0.3) is 0 Å². The molecular weight excluding hydrogens is 297 g/mol. The summed E-state index contributed by atoms with van der Waals surface area (Å²) in [6.07, 6.45) is 1.26. The molecule has 1 aromatic carbocycles. The number of rotatable bonds is 4. The van der Waals surface area contributed by atoms with Crippen LogP contribution in [0.4, 0.5) is 9.18 Å². The fourth-order valence-electron chi connectivity index (χ4n) is 2.41. The molecule has 2 N–H and O–H groups in total. The second-order valence-electron chi connectivity index (χ2n) is 6.82. The van der Waals surface area contributed by atoms with E-state index in [0.29, 0.717) is 12.6 Å². The minimum Gasteiger partial charge on any atom is -0.444 e. The quantitative estimate of drug-likeness (QED) is 0.895. The van der Waals surface area contributed by atoms with Gasteiger partial charge in [-0.2, -0.15) is 5.26 Å². The molecule has 5 nitrogen and oxygen atoms in total. The van der Waals surface area contributed by atoms with Crippen LogP contribution in [0.3, 0.4) is 0 Å². The summed E-state index contributed by atoms with van der Waals surface area (Å²) in [7, 11) is 0. The lowest BCUT2D eigenvalue weighted by Crippen LogP contribution is -2.52. The molecule has 1 fully saturated rings. The summed E-state index contributed by atoms with van der Waals surface area (Å²) in [4.78, 5) is 11.6. The van der Waals surface area contributed by atoms with Gasteiger partial charge in [-0.3, -0.25) is 0 Å². The number of nitrogens with one attached hydrogen (secondary N) is 2. The van der Waals surface area contributed by atoms with Gasteiger partial charge in [-0.25, -0.2) is 9.18 Å². The van der Waals surface area contributed by atoms with E-state index < -0.39 is 17.5 Å². The van der Waals surface area contributed by atoms with Gasteiger partial charge >= 0.3 is 6.09 Å². The summed E-state index contributed by atoms with van der Waals surface area (Å²) in [6, 6.07) is 6.77. The van der Waals surface area contributed by atoms with Gasteiger partial charge < -0.3 is 15.4 Å². The van der Waals surface area contributed by atoms with E-state index in [0.717, 1.165) is 18.4 Å². The van der Waals surface area contributed by atoms with E-state index in [1.165, 1.54) is 6.07 Å². The Morgan fingerprint density at radius 3 is 2.70 bits per heavy atom. The highest BCUT2D eigenvalue weighted by atomic mass is 19.1. The molecule has 1 aromatic rings. The van der Waals surface area contributed by atoms with Crippen molar-refractivity contribution in [2.45, 2.75) is 57.8 Å². The lowest BCUT2D eigenvalue weighted by atomic mass is 9.86. The lowest BCUT2D eigenvalue weighted by molar-refractivity contribution is 0.0465. The fourth-order valence-corrected chi connectivity index (χ4v) is 2.41. The molecule has 0 atom stereocenters. The summed E-state index contributed by atoms with van der Waals surface area (Å²) in [6.45, 7) is 6.06. The highest BCUT2D eigenvalue weighted by molar-refractivity contribution is 5.68. The van der Waals surface area contributed by atoms with E-state index in [1.807, 2.05) is 26.8 Å². The number of carbonyl (C=O) groups is 1. The number of amides is 1. The van der Waals surface area contributed by atoms with Crippen LogP contribution in [0.1, 0.15) is 44.7 Å². The fraction of sp³-hybridized carbons (Fsp3) is 0.529. The zero-order chi connectivity index (χ0) is 17.0. The maximum Gasteiger partial charge on any atom is 0.407 e. The minimum absolute atomic E-state index is 0.0578. The normalized spacial score (nSPS) is 20.3. The predicted molar refractivity (Wildman–Crippen MR) is 84.1 cm³/mol. The van der Waals surface area contributed by atoms with E-state index in [2.05, 4.69) is 10.6 Å². The zero-order valence-electron chi connectivity index (χ0n) is 13.6. The van der Waals surface area contributed by atoms with Gasteiger partial charge in [-0.15, -0.1) is 0 Å². The van der Waals surface area contributed by atoms with Gasteiger partial charge in [0.15, 0.2) is 0 Å². The number of alkyl carbamates (subject to hydrolysis) is 1. The van der Waals surface area contributed by atoms with Crippen molar-refractivity contribution in [3.8, 4) is 6.07 Å². The van der Waals surface area contributed by atoms with Crippen molar-refractivity contribution in [3.05, 3.63) is 35.1 Å². The Morgan fingerprint density at radius 2 is 2.09 bits per heavy atom. The Labute approximate surface area is 135 Å². The topological polar surface area (TPSA) is 74.2 Å². The number of hydrogen-bond acceptors (Lipinski definition) is 4. The molecule has 124 valence electrons. The molecule has 2 rings (SSSR count). The highest BCUT2D eigenvalue weighted by Crippen LogP contribution is 2.21. The summed E-state index contributed by atoms with van der Waals surface area (Å²) in [5.74, 6) is -0.499. The molecule has 0 aromatic heterocycles. The van der Waals surface area contributed by atoms with Crippen LogP contribution in [-0.2, 0) is 11.3 Å². The first-order valence-corrected chi connectivity index (χ1v) is 7.68. The van der Waals surface area contributed by atoms with Crippen LogP contribution < -0.4 is 10.6 Å². The Balaban J connectivity index is 1.71. The molecule has 0 aliphatic heterocycles. The third-order valence-corrected chi connectivity index (χ3v) is 3.61. The predicted octanol–water partition coefficient (Wildman–Crippen LogP) is 2.84. The second kappa shape index (κ2) is 6.97. The number of hydrogen-bond donors (Lipinski definition) is 2. The Hall–Kier alpha value is -2.13. The minimum atomic E-state index is -0.499. The van der Waals surface area contributed by atoms with Crippen LogP contribution in [-0.4, -0.2) is 23.8 Å². The van der Waals surface area contributed by atoms with E-state index >= 15 is 0 Å². The molecule has 1 saturated carbocycles. The van der Waals surface area contributed by atoms with E-state index in [1.54, 1.807) is 12.1 Å². The number of nitrogens with zero attached hydrogens (tertiary/aromatic N) is 1. The van der Waals surface area contributed by atoms with Crippen molar-refractivity contribution in [2.24, 2.45) is 0 Å². The second-order valence-corrected chi connectivity index (χ2v) is 6.82. The maximum atomic E-state index is 13.2. The first-order chi connectivity index (χ1) is 10.8. The van der Waals surface area contributed by atoms with Crippen molar-refractivity contribution in [2.75, 3.05) is 0 Å². The van der Waals surface area contributed by atoms with Crippen molar-refractivity contribution < 1.29 is 13.9 Å². The van der Waals surface area contributed by atoms with Crippen LogP contribution in [0.15, 0.2) is 18.2 Å². The third kappa shape index (κ3) is 5.22. The molecule has 1 aliphatic rings. The van der Waals surface area contributed by atoms with E-state index in [9.17, 15) is 9.18 Å². The summed E-state index contributed by atoms with van der Waals surface area (Å²) in [5.41, 5.74) is 0.431. The largest absolute Gasteiger partial charge is 0.444 e. The average molecular weight is 319 g/mol. The lowest BCUT2D eigenvalue weighted by Gasteiger charge is -2.36. The van der Waals surface area contributed by atoms with Gasteiger partial charge in [0, 0.05) is 18.6 Å². The van der Waals surface area contributed by atoms with Crippen LogP contribution in [0.2, 0.25) is 0 Å². The van der Waals surface area contributed by atoms with Crippen LogP contribution >= 0.6 is 0 Å². The van der Waals surface area contributed by atoms with Gasteiger partial charge in [0.1, 0.15) is 17.5 Å². The summed E-state index contributed by atoms with van der Waals surface area (Å²) < 4.78 is 18.5. The van der Waals surface area contributed by atoms with Crippen LogP contribution in [0.5, 0.6) is 0 Å². The molecule has 0 spiro atoms. The smallest absolute Gasteiger partial charge is 0.407 e. The SMILES string of the molecule is CC(C)(C)OC(=O)NC1CC(NCc2ccc(F)c(C#N)c2)C1. The number of nitriles is 1. The molecule has 0 saturated heterocycles. The number of benzene rings is 1. The molecule has 0 unspecified atom stereocenters. The Kier molecular flexibility index (Phi) is 5.22. The Bertz CT molecular complexity index is 613. The number of ether oxygens (including phenoxy) is 1. The third-order valence-electron chi connectivity index (χ3n) is 3.61. The van der Waals surface area contributed by atoms with Crippen LogP contribution in [0, 0.1) is 17.1 Å². The molecule has 0 radical (unpaired) electrons. The van der Waals surface area contributed by atoms with Gasteiger partial charge in [0.2, 0.25) is 0 Å². The highest BCUT2D eigenvalue weighted by Gasteiger charge is 2.31. The van der Waals surface area contributed by atoms with Gasteiger partial charge in [-0.05, 0) is 51.3 Å². The average Bonchev–Trinajstić information content (AvgIpc) is 2.40. The molecule has 1 aliphatic carbocycles. The standard InChI is InChI=1S/C17H22FN3O2/c1-17(2,3)23-16(22)21-14-7-13(8-14)20-10-11-4-5-15(18)12(6-11)9-19/h4-6,13-14,20H,7-8,10H2,1-3H3,(H,21,22). The monoisotopic (exact) mass is 319 g/mol. The van der Waals surface area contributed by atoms with Gasteiger partial charge in [0.05, 0.1) is 5.56 Å².